The van der Waals surface area contributed by atoms with Gasteiger partial charge in [0.25, 0.3) is 0 Å². The van der Waals surface area contributed by atoms with E-state index in [0.717, 1.165) is 44.2 Å². The van der Waals surface area contributed by atoms with Gasteiger partial charge in [0.2, 0.25) is 0 Å². The van der Waals surface area contributed by atoms with Crippen LogP contribution in [-0.2, 0) is 0 Å². The van der Waals surface area contributed by atoms with Crippen molar-refractivity contribution in [1.82, 2.24) is 19.5 Å². The van der Waals surface area contributed by atoms with Crippen molar-refractivity contribution in [2.45, 2.75) is 0 Å². The van der Waals surface area contributed by atoms with Crippen LogP contribution >= 0.6 is 11.3 Å². The van der Waals surface area contributed by atoms with Crippen LogP contribution in [0.2, 0.25) is 0 Å². The Hall–Kier alpha value is -6.43. The Morgan fingerprint density at radius 3 is 1.76 bits per heavy atom. The molecule has 10 aromatic rings. The lowest BCUT2D eigenvalue weighted by Crippen LogP contribution is -2.00. The second-order valence-corrected chi connectivity index (χ2v) is 13.5. The first-order valence-electron chi connectivity index (χ1n) is 16.7. The fourth-order valence-corrected chi connectivity index (χ4v) is 8.27. The molecule has 0 saturated heterocycles. The molecule has 0 bridgehead atoms. The fourth-order valence-electron chi connectivity index (χ4n) is 7.12. The van der Waals surface area contributed by atoms with Crippen molar-refractivity contribution < 1.29 is 0 Å². The summed E-state index contributed by atoms with van der Waals surface area (Å²) < 4.78 is 4.84. The summed E-state index contributed by atoms with van der Waals surface area (Å²) in [4.78, 5) is 15.4. The van der Waals surface area contributed by atoms with E-state index >= 15 is 0 Å². The predicted molar refractivity (Wildman–Crippen MR) is 209 cm³/mol. The van der Waals surface area contributed by atoms with Crippen LogP contribution in [0.15, 0.2) is 170 Å². The summed E-state index contributed by atoms with van der Waals surface area (Å²) in [5.41, 5.74) is 8.63. The Morgan fingerprint density at radius 1 is 0.380 bits per heavy atom. The van der Waals surface area contributed by atoms with E-state index in [1.807, 2.05) is 18.2 Å². The minimum absolute atomic E-state index is 0.651. The van der Waals surface area contributed by atoms with Crippen molar-refractivity contribution in [3.63, 3.8) is 0 Å². The molecule has 50 heavy (non-hydrogen) atoms. The second kappa shape index (κ2) is 11.6. The first kappa shape index (κ1) is 28.6. The van der Waals surface area contributed by atoms with Crippen LogP contribution in [0, 0.1) is 0 Å². The molecule has 0 fully saturated rings. The lowest BCUT2D eigenvalue weighted by atomic mass is 10.0. The van der Waals surface area contributed by atoms with E-state index in [1.54, 1.807) is 11.3 Å². The molecule has 0 spiro atoms. The predicted octanol–water partition coefficient (Wildman–Crippen LogP) is 12.0. The van der Waals surface area contributed by atoms with Crippen molar-refractivity contribution in [2.24, 2.45) is 0 Å². The summed E-state index contributed by atoms with van der Waals surface area (Å²) >= 11 is 1.80. The van der Waals surface area contributed by atoms with Gasteiger partial charge >= 0.3 is 0 Å². The third-order valence-electron chi connectivity index (χ3n) is 9.48. The molecule has 0 N–H and O–H groups in total. The molecule has 3 aromatic heterocycles. The highest BCUT2D eigenvalue weighted by atomic mass is 32.1. The van der Waals surface area contributed by atoms with Crippen molar-refractivity contribution >= 4 is 53.3 Å². The van der Waals surface area contributed by atoms with E-state index in [4.69, 9.17) is 15.0 Å². The molecule has 0 aliphatic rings. The zero-order valence-electron chi connectivity index (χ0n) is 26.9. The monoisotopic (exact) mass is 656 g/mol. The van der Waals surface area contributed by atoms with Gasteiger partial charge < -0.3 is 4.57 Å². The molecule has 5 heteroatoms. The third kappa shape index (κ3) is 4.71. The first-order chi connectivity index (χ1) is 24.8. The molecule has 4 nitrogen and oxygen atoms in total. The molecule has 0 aliphatic heterocycles. The summed E-state index contributed by atoms with van der Waals surface area (Å²) in [6, 6.07) is 59.7. The van der Waals surface area contributed by atoms with Crippen LogP contribution < -0.4 is 0 Å². The van der Waals surface area contributed by atoms with Crippen LogP contribution in [-0.4, -0.2) is 19.5 Å². The Bertz CT molecular complexity index is 2850. The Balaban J connectivity index is 1.18. The molecule has 0 unspecified atom stereocenters. The van der Waals surface area contributed by atoms with Gasteiger partial charge in [-0.1, -0.05) is 133 Å². The number of thiophene rings is 1. The zero-order chi connectivity index (χ0) is 33.0. The summed E-state index contributed by atoms with van der Waals surface area (Å²) in [5.74, 6) is 1.96. The molecule has 0 aliphatic carbocycles. The Morgan fingerprint density at radius 2 is 0.960 bits per heavy atom. The number of para-hydroxylation sites is 1. The quantitative estimate of drug-likeness (QED) is 0.185. The summed E-state index contributed by atoms with van der Waals surface area (Å²) in [6.45, 7) is 0. The normalized spacial score (nSPS) is 11.6. The van der Waals surface area contributed by atoms with Gasteiger partial charge in [-0.05, 0) is 47.5 Å². The standard InChI is InChI=1S/C45H28N4S/c1-3-12-29(13-4-1)30-22-25-33(26-23-30)49-38-19-9-7-17-36(38)42-37(18-11-20-39(42)49)45-47-43(31-14-5-2-6-15-31)46-44(48-45)32-24-27-35-34-16-8-10-21-40(34)50-41(35)28-32/h1-28H. The van der Waals surface area contributed by atoms with Crippen molar-refractivity contribution in [1.29, 1.82) is 0 Å². The van der Waals surface area contributed by atoms with Gasteiger partial charge in [0.15, 0.2) is 17.5 Å². The van der Waals surface area contributed by atoms with Crippen molar-refractivity contribution in [3.8, 4) is 51.0 Å². The van der Waals surface area contributed by atoms with Gasteiger partial charge in [-0.25, -0.2) is 15.0 Å². The first-order valence-corrected chi connectivity index (χ1v) is 17.5. The summed E-state index contributed by atoms with van der Waals surface area (Å²) in [7, 11) is 0. The van der Waals surface area contributed by atoms with E-state index in [0.29, 0.717) is 17.5 Å². The molecule has 0 amide bonds. The largest absolute Gasteiger partial charge is 0.309 e. The minimum atomic E-state index is 0.651. The van der Waals surface area contributed by atoms with Gasteiger partial charge in [-0.2, -0.15) is 0 Å². The molecular formula is C45H28N4S. The minimum Gasteiger partial charge on any atom is -0.309 e. The van der Waals surface area contributed by atoms with Crippen LogP contribution in [0.25, 0.3) is 93.0 Å². The molecule has 10 rings (SSSR count). The Labute approximate surface area is 292 Å². The van der Waals surface area contributed by atoms with E-state index < -0.39 is 0 Å². The van der Waals surface area contributed by atoms with Crippen LogP contribution in [0.1, 0.15) is 0 Å². The van der Waals surface area contributed by atoms with Gasteiger partial charge in [-0.3, -0.25) is 0 Å². The number of fused-ring (bicyclic) bond motifs is 6. The average Bonchev–Trinajstić information content (AvgIpc) is 3.74. The second-order valence-electron chi connectivity index (χ2n) is 12.4. The van der Waals surface area contributed by atoms with Gasteiger partial charge in [0.05, 0.1) is 11.0 Å². The Kier molecular flexibility index (Phi) is 6.64. The lowest BCUT2D eigenvalue weighted by molar-refractivity contribution is 1.08. The molecular weight excluding hydrogens is 629 g/mol. The molecule has 0 saturated carbocycles. The number of benzene rings is 7. The molecule has 234 valence electrons. The van der Waals surface area contributed by atoms with Gasteiger partial charge in [-0.15, -0.1) is 11.3 Å². The van der Waals surface area contributed by atoms with Gasteiger partial charge in [0.1, 0.15) is 0 Å². The van der Waals surface area contributed by atoms with E-state index in [-0.39, 0.29) is 0 Å². The maximum Gasteiger partial charge on any atom is 0.164 e. The molecule has 3 heterocycles. The smallest absolute Gasteiger partial charge is 0.164 e. The highest BCUT2D eigenvalue weighted by molar-refractivity contribution is 7.25. The summed E-state index contributed by atoms with van der Waals surface area (Å²) in [6.07, 6.45) is 0. The number of hydrogen-bond acceptors (Lipinski definition) is 4. The highest BCUT2D eigenvalue weighted by Gasteiger charge is 2.20. The highest BCUT2D eigenvalue weighted by Crippen LogP contribution is 2.40. The van der Waals surface area contributed by atoms with Crippen molar-refractivity contribution in [3.05, 3.63) is 170 Å². The van der Waals surface area contributed by atoms with E-state index in [2.05, 4.69) is 156 Å². The third-order valence-corrected chi connectivity index (χ3v) is 10.6. The lowest BCUT2D eigenvalue weighted by Gasteiger charge is -2.11. The van der Waals surface area contributed by atoms with Crippen LogP contribution in [0.5, 0.6) is 0 Å². The maximum absolute atomic E-state index is 5.22. The van der Waals surface area contributed by atoms with Gasteiger partial charge in [0, 0.05) is 53.3 Å². The van der Waals surface area contributed by atoms with E-state index in [9.17, 15) is 0 Å². The van der Waals surface area contributed by atoms with Crippen molar-refractivity contribution in [2.75, 3.05) is 0 Å². The maximum atomic E-state index is 5.22. The number of nitrogens with zero attached hydrogens (tertiary/aromatic N) is 4. The topological polar surface area (TPSA) is 43.6 Å². The number of hydrogen-bond donors (Lipinski definition) is 0. The molecule has 0 radical (unpaired) electrons. The fraction of sp³-hybridized carbons (Fsp3) is 0. The van der Waals surface area contributed by atoms with E-state index in [1.165, 1.54) is 31.3 Å². The SMILES string of the molecule is c1ccc(-c2ccc(-n3c4ccccc4c4c(-c5nc(-c6ccccc6)nc(-c6ccc7c(c6)sc6ccccc67)n5)cccc43)cc2)cc1. The van der Waals surface area contributed by atoms with Crippen LogP contribution in [0.3, 0.4) is 0 Å². The average molecular weight is 657 g/mol. The molecule has 7 aromatic carbocycles. The van der Waals surface area contributed by atoms with Crippen LogP contribution in [0.4, 0.5) is 0 Å². The summed E-state index contributed by atoms with van der Waals surface area (Å²) in [5, 5.41) is 4.80. The number of rotatable bonds is 5. The number of aromatic nitrogens is 4. The molecule has 0 atom stereocenters. The zero-order valence-corrected chi connectivity index (χ0v) is 27.7.